The Bertz CT molecular complexity index is 743. The fourth-order valence-electron chi connectivity index (χ4n) is 4.26. The van der Waals surface area contributed by atoms with E-state index in [1.165, 1.54) is 7.11 Å². The third-order valence-corrected chi connectivity index (χ3v) is 6.17. The van der Waals surface area contributed by atoms with Crippen LogP contribution in [-0.4, -0.2) is 113 Å². The van der Waals surface area contributed by atoms with E-state index in [1.807, 2.05) is 12.1 Å². The molecule has 1 aromatic rings. The number of aliphatic hydroxyl groups excluding tert-OH is 6. The zero-order valence-electron chi connectivity index (χ0n) is 20.1. The van der Waals surface area contributed by atoms with Gasteiger partial charge in [0.25, 0.3) is 0 Å². The highest BCUT2D eigenvalue weighted by Gasteiger charge is 2.43. The number of esters is 1. The van der Waals surface area contributed by atoms with Crippen LogP contribution >= 0.6 is 0 Å². The molecular weight excluding hydrogens is 464 g/mol. The maximum absolute atomic E-state index is 11.5. The number of carbonyl (C=O) groups excluding carboxylic acids is 1. The molecule has 0 aliphatic carbocycles. The molecule has 6 N–H and O–H groups in total. The van der Waals surface area contributed by atoms with Crippen LogP contribution in [-0.2, 0) is 25.4 Å². The minimum atomic E-state index is -1.32. The Balaban J connectivity index is 0.00000210. The van der Waals surface area contributed by atoms with E-state index in [0.29, 0.717) is 24.8 Å². The van der Waals surface area contributed by atoms with E-state index >= 15 is 0 Å². The van der Waals surface area contributed by atoms with Gasteiger partial charge in [-0.3, -0.25) is 0 Å². The molecule has 6 unspecified atom stereocenters. The predicted molar refractivity (Wildman–Crippen MR) is 122 cm³/mol. The van der Waals surface area contributed by atoms with Crippen molar-refractivity contribution < 1.29 is 54.4 Å². The van der Waals surface area contributed by atoms with Crippen LogP contribution < -0.4 is 0 Å². The summed E-state index contributed by atoms with van der Waals surface area (Å²) in [7, 11) is 2.33. The summed E-state index contributed by atoms with van der Waals surface area (Å²) in [6.07, 6.45) is -5.17. The number of aryl methyl sites for hydroxylation is 1. The molecule has 0 spiro atoms. The highest BCUT2D eigenvalue weighted by atomic mass is 16.7. The lowest BCUT2D eigenvalue weighted by atomic mass is 9.93. The molecule has 2 aliphatic heterocycles. The topological polar surface area (TPSA) is 175 Å². The average molecular weight is 503 g/mol. The second kappa shape index (κ2) is 14.8. The van der Waals surface area contributed by atoms with Crippen LogP contribution in [0.2, 0.25) is 0 Å². The number of hydrogen-bond donors (Lipinski definition) is 6. The summed E-state index contributed by atoms with van der Waals surface area (Å²) in [5.74, 6) is -0.397. The molecule has 11 nitrogen and oxygen atoms in total. The molecule has 0 aromatic heterocycles. The van der Waals surface area contributed by atoms with Gasteiger partial charge < -0.3 is 49.6 Å². The lowest BCUT2D eigenvalue weighted by molar-refractivity contribution is -0.309. The zero-order chi connectivity index (χ0) is 26.0. The van der Waals surface area contributed by atoms with Crippen molar-refractivity contribution >= 4 is 5.97 Å². The third kappa shape index (κ3) is 8.17. The summed E-state index contributed by atoms with van der Waals surface area (Å²) in [5.41, 5.74) is 1.49. The number of carbonyl (C=O) groups is 1. The van der Waals surface area contributed by atoms with Crippen molar-refractivity contribution in [3.8, 4) is 0 Å². The van der Waals surface area contributed by atoms with Crippen LogP contribution in [0.3, 0.4) is 0 Å². The van der Waals surface area contributed by atoms with Gasteiger partial charge in [0, 0.05) is 20.0 Å². The number of rotatable bonds is 9. The maximum atomic E-state index is 11.5. The Hall–Kier alpha value is -1.67. The lowest BCUT2D eigenvalue weighted by Crippen LogP contribution is -2.56. The van der Waals surface area contributed by atoms with Gasteiger partial charge >= 0.3 is 5.97 Å². The lowest BCUT2D eigenvalue weighted by Gasteiger charge is -2.43. The first-order valence-corrected chi connectivity index (χ1v) is 11.7. The van der Waals surface area contributed by atoms with Crippen molar-refractivity contribution in [2.45, 2.75) is 81.1 Å². The van der Waals surface area contributed by atoms with Crippen LogP contribution in [0.1, 0.15) is 41.6 Å². The Kier molecular flexibility index (Phi) is 12.5. The van der Waals surface area contributed by atoms with Gasteiger partial charge in [-0.1, -0.05) is 12.1 Å². The number of ether oxygens (including phenoxy) is 4. The van der Waals surface area contributed by atoms with Crippen molar-refractivity contribution in [2.24, 2.45) is 0 Å². The van der Waals surface area contributed by atoms with Gasteiger partial charge in [-0.15, -0.1) is 0 Å². The molecule has 0 amide bonds. The number of benzene rings is 1. The Morgan fingerprint density at radius 3 is 2.20 bits per heavy atom. The summed E-state index contributed by atoms with van der Waals surface area (Å²) in [6.45, 7) is -0.587. The van der Waals surface area contributed by atoms with E-state index in [9.17, 15) is 30.3 Å². The van der Waals surface area contributed by atoms with Crippen LogP contribution in [0.5, 0.6) is 0 Å². The predicted octanol–water partition coefficient (Wildman–Crippen LogP) is -0.871. The van der Waals surface area contributed by atoms with Crippen molar-refractivity contribution in [1.82, 2.24) is 0 Å². The Morgan fingerprint density at radius 1 is 0.971 bits per heavy atom. The van der Waals surface area contributed by atoms with Crippen LogP contribution in [0, 0.1) is 0 Å². The molecule has 1 aromatic carbocycles. The Labute approximate surface area is 204 Å². The summed E-state index contributed by atoms with van der Waals surface area (Å²) < 4.78 is 21.8. The van der Waals surface area contributed by atoms with Gasteiger partial charge in [-0.2, -0.15) is 0 Å². The summed E-state index contributed by atoms with van der Waals surface area (Å²) >= 11 is 0. The van der Waals surface area contributed by atoms with Crippen molar-refractivity contribution in [3.63, 3.8) is 0 Å². The second-order valence-electron chi connectivity index (χ2n) is 8.56. The molecule has 2 heterocycles. The fraction of sp³-hybridized carbons (Fsp3) is 0.708. The molecule has 2 aliphatic rings. The van der Waals surface area contributed by atoms with Crippen molar-refractivity contribution in [1.29, 1.82) is 0 Å². The van der Waals surface area contributed by atoms with Crippen molar-refractivity contribution in [2.75, 3.05) is 27.4 Å². The van der Waals surface area contributed by atoms with Gasteiger partial charge in [0.15, 0.2) is 6.29 Å². The first kappa shape index (κ1) is 29.6. The SMILES string of the molecule is CO.COC(=O)c1ccc(CCC[C@H]2OC(CO)CC(O[C@H]3OC(CO)CC(O)C3O)C2O)cc1. The summed E-state index contributed by atoms with van der Waals surface area (Å²) in [5, 5.41) is 57.0. The standard InChI is InChI=1S/C23H34O10.CH4O/c1-30-22(29)14-7-5-13(6-8-14)3-2-4-18-21(28)19(10-16(12-25)31-18)33-23-20(27)17(26)9-15(11-24)32-23;1-2/h5-8,15-21,23-28H,2-4,9-12H2,1H3;2H,1H3/t15?,16?,17?,18-,19?,20?,21?,23-;/m1./s1. The van der Waals surface area contributed by atoms with Gasteiger partial charge in [-0.25, -0.2) is 4.79 Å². The molecule has 11 heteroatoms. The number of aliphatic hydroxyl groups is 6. The van der Waals surface area contributed by atoms with Crippen LogP contribution in [0.15, 0.2) is 24.3 Å². The van der Waals surface area contributed by atoms with Crippen LogP contribution in [0.25, 0.3) is 0 Å². The fourth-order valence-corrected chi connectivity index (χ4v) is 4.26. The van der Waals surface area contributed by atoms with E-state index < -0.39 is 55.0 Å². The molecule has 0 radical (unpaired) electrons. The first-order valence-electron chi connectivity index (χ1n) is 11.7. The van der Waals surface area contributed by atoms with E-state index in [1.54, 1.807) is 12.1 Å². The molecule has 200 valence electrons. The summed E-state index contributed by atoms with van der Waals surface area (Å²) in [4.78, 5) is 11.5. The third-order valence-electron chi connectivity index (χ3n) is 6.17. The molecule has 2 saturated heterocycles. The zero-order valence-corrected chi connectivity index (χ0v) is 20.1. The van der Waals surface area contributed by atoms with E-state index in [2.05, 4.69) is 0 Å². The molecular formula is C24H38O11. The maximum Gasteiger partial charge on any atom is 0.337 e. The highest BCUT2D eigenvalue weighted by Crippen LogP contribution is 2.30. The molecule has 0 saturated carbocycles. The normalized spacial score (nSPS) is 32.9. The number of methoxy groups -OCH3 is 1. The van der Waals surface area contributed by atoms with E-state index in [0.717, 1.165) is 12.7 Å². The average Bonchev–Trinajstić information content (AvgIpc) is 2.89. The van der Waals surface area contributed by atoms with Crippen LogP contribution in [0.4, 0.5) is 0 Å². The smallest absolute Gasteiger partial charge is 0.337 e. The number of hydrogen-bond acceptors (Lipinski definition) is 11. The monoisotopic (exact) mass is 502 g/mol. The van der Waals surface area contributed by atoms with E-state index in [4.69, 9.17) is 24.1 Å². The molecule has 2 fully saturated rings. The molecule has 0 bridgehead atoms. The minimum absolute atomic E-state index is 0.0797. The van der Waals surface area contributed by atoms with Crippen molar-refractivity contribution in [3.05, 3.63) is 35.4 Å². The van der Waals surface area contributed by atoms with Gasteiger partial charge in [0.05, 0.1) is 56.4 Å². The Morgan fingerprint density at radius 2 is 1.60 bits per heavy atom. The van der Waals surface area contributed by atoms with Gasteiger partial charge in [0.2, 0.25) is 0 Å². The minimum Gasteiger partial charge on any atom is -0.465 e. The summed E-state index contributed by atoms with van der Waals surface area (Å²) in [6, 6.07) is 7.08. The second-order valence-corrected chi connectivity index (χ2v) is 8.56. The first-order chi connectivity index (χ1) is 16.9. The van der Waals surface area contributed by atoms with Gasteiger partial charge in [-0.05, 0) is 37.0 Å². The molecule has 35 heavy (non-hydrogen) atoms. The quantitative estimate of drug-likeness (QED) is 0.232. The van der Waals surface area contributed by atoms with Gasteiger partial charge in [0.1, 0.15) is 12.2 Å². The largest absolute Gasteiger partial charge is 0.465 e. The highest BCUT2D eigenvalue weighted by molar-refractivity contribution is 5.89. The molecule has 8 atom stereocenters. The van der Waals surface area contributed by atoms with E-state index in [-0.39, 0.29) is 26.1 Å². The molecule has 3 rings (SSSR count).